The van der Waals surface area contributed by atoms with Crippen LogP contribution in [0.15, 0.2) is 24.3 Å². The van der Waals surface area contributed by atoms with Crippen molar-refractivity contribution in [2.45, 2.75) is 78.9 Å². The first-order chi connectivity index (χ1) is 9.90. The lowest BCUT2D eigenvalue weighted by Gasteiger charge is -2.30. The average molecular weight is 305 g/mol. The highest BCUT2D eigenvalue weighted by Gasteiger charge is 2.29. The number of hydrogen-bond donors (Lipinski definition) is 0. The van der Waals surface area contributed by atoms with Gasteiger partial charge in [-0.2, -0.15) is 0 Å². The molecule has 1 rings (SSSR count). The number of benzene rings is 1. The van der Waals surface area contributed by atoms with Gasteiger partial charge in [-0.15, -0.1) is 0 Å². The van der Waals surface area contributed by atoms with Crippen LogP contribution in [0.1, 0.15) is 66.4 Å². The van der Waals surface area contributed by atoms with E-state index in [0.717, 1.165) is 11.8 Å². The van der Waals surface area contributed by atoms with Crippen LogP contribution in [0.3, 0.4) is 0 Å². The normalized spacial score (nSPS) is 14.0. The van der Waals surface area contributed by atoms with Gasteiger partial charge in [-0.05, 0) is 29.7 Å². The Morgan fingerprint density at radius 3 is 1.62 bits per heavy atom. The van der Waals surface area contributed by atoms with Crippen molar-refractivity contribution in [2.75, 3.05) is 0 Å². The minimum absolute atomic E-state index is 0.708. The molecule has 0 spiro atoms. The van der Waals surface area contributed by atoms with Crippen LogP contribution in [0.4, 0.5) is 0 Å². The lowest BCUT2D eigenvalue weighted by molar-refractivity contribution is 0.408. The molecule has 1 heteroatoms. The SMILES string of the molecule is CC[Si](CC)(CC)c1ccc(C(CC(C)C)C(C)C)cc1. The first kappa shape index (κ1) is 18.5. The van der Waals surface area contributed by atoms with Crippen molar-refractivity contribution in [3.8, 4) is 0 Å². The third-order valence-corrected chi connectivity index (χ3v) is 11.1. The standard InChI is InChI=1S/C20H36Si/c1-8-21(9-2,10-3)19-13-11-18(12-14-19)20(17(6)7)15-16(4)5/h11-14,16-17,20H,8-10,15H2,1-7H3. The number of rotatable bonds is 8. The van der Waals surface area contributed by atoms with E-state index in [4.69, 9.17) is 0 Å². The van der Waals surface area contributed by atoms with Crippen LogP contribution in [0.2, 0.25) is 18.1 Å². The van der Waals surface area contributed by atoms with E-state index in [1.807, 2.05) is 0 Å². The summed E-state index contributed by atoms with van der Waals surface area (Å²) in [6, 6.07) is 13.9. The summed E-state index contributed by atoms with van der Waals surface area (Å²) in [5, 5.41) is 1.67. The zero-order valence-electron chi connectivity index (χ0n) is 15.4. The van der Waals surface area contributed by atoms with Gasteiger partial charge >= 0.3 is 0 Å². The molecular formula is C20H36Si. The summed E-state index contributed by atoms with van der Waals surface area (Å²) in [5.41, 5.74) is 1.55. The van der Waals surface area contributed by atoms with E-state index >= 15 is 0 Å². The fourth-order valence-electron chi connectivity index (χ4n) is 3.75. The van der Waals surface area contributed by atoms with E-state index in [0.29, 0.717) is 5.92 Å². The fraction of sp³-hybridized carbons (Fsp3) is 0.700. The van der Waals surface area contributed by atoms with E-state index in [2.05, 4.69) is 72.7 Å². The maximum absolute atomic E-state index is 2.47. The van der Waals surface area contributed by atoms with Gasteiger partial charge in [0.05, 0.1) is 8.07 Å². The number of hydrogen-bond acceptors (Lipinski definition) is 0. The summed E-state index contributed by atoms with van der Waals surface area (Å²) >= 11 is 0. The Labute approximate surface area is 134 Å². The van der Waals surface area contributed by atoms with Crippen LogP contribution in [-0.2, 0) is 0 Å². The summed E-state index contributed by atoms with van der Waals surface area (Å²) in [6.07, 6.45) is 1.30. The summed E-state index contributed by atoms with van der Waals surface area (Å²) in [5.74, 6) is 2.20. The van der Waals surface area contributed by atoms with Crippen molar-refractivity contribution < 1.29 is 0 Å². The van der Waals surface area contributed by atoms with Crippen molar-refractivity contribution in [2.24, 2.45) is 11.8 Å². The topological polar surface area (TPSA) is 0 Å². The highest BCUT2D eigenvalue weighted by molar-refractivity contribution is 6.91. The van der Waals surface area contributed by atoms with Gasteiger partial charge in [0.1, 0.15) is 0 Å². The molecule has 0 amide bonds. The molecule has 0 bridgehead atoms. The van der Waals surface area contributed by atoms with Crippen LogP contribution >= 0.6 is 0 Å². The average Bonchev–Trinajstić information content (AvgIpc) is 2.47. The fourth-order valence-corrected chi connectivity index (χ4v) is 7.35. The molecule has 1 aromatic carbocycles. The Balaban J connectivity index is 3.04. The van der Waals surface area contributed by atoms with E-state index < -0.39 is 8.07 Å². The Morgan fingerprint density at radius 1 is 0.810 bits per heavy atom. The summed E-state index contributed by atoms with van der Waals surface area (Å²) in [4.78, 5) is 0. The van der Waals surface area contributed by atoms with Crippen molar-refractivity contribution >= 4 is 13.3 Å². The van der Waals surface area contributed by atoms with Crippen LogP contribution < -0.4 is 5.19 Å². The molecule has 0 saturated carbocycles. The molecule has 0 saturated heterocycles. The van der Waals surface area contributed by atoms with E-state index in [1.54, 1.807) is 10.8 Å². The van der Waals surface area contributed by atoms with Gasteiger partial charge in [0.15, 0.2) is 0 Å². The molecular weight excluding hydrogens is 268 g/mol. The molecule has 21 heavy (non-hydrogen) atoms. The molecule has 0 aliphatic carbocycles. The Kier molecular flexibility index (Phi) is 7.19. The van der Waals surface area contributed by atoms with Crippen molar-refractivity contribution in [1.29, 1.82) is 0 Å². The van der Waals surface area contributed by atoms with Gasteiger partial charge in [-0.25, -0.2) is 0 Å². The molecule has 1 atom stereocenters. The van der Waals surface area contributed by atoms with E-state index in [1.165, 1.54) is 24.6 Å². The second-order valence-corrected chi connectivity index (χ2v) is 12.7. The van der Waals surface area contributed by atoms with Crippen LogP contribution in [0.25, 0.3) is 0 Å². The predicted octanol–water partition coefficient (Wildman–Crippen LogP) is 6.19. The lowest BCUT2D eigenvalue weighted by atomic mass is 9.82. The highest BCUT2D eigenvalue weighted by Crippen LogP contribution is 2.31. The van der Waals surface area contributed by atoms with Gasteiger partial charge in [0.25, 0.3) is 0 Å². The van der Waals surface area contributed by atoms with E-state index in [-0.39, 0.29) is 0 Å². The van der Waals surface area contributed by atoms with Crippen LogP contribution in [-0.4, -0.2) is 8.07 Å². The molecule has 0 fully saturated rings. The summed E-state index contributed by atoms with van der Waals surface area (Å²) in [6.45, 7) is 16.6. The molecule has 0 heterocycles. The third kappa shape index (κ3) is 4.45. The summed E-state index contributed by atoms with van der Waals surface area (Å²) < 4.78 is 0. The van der Waals surface area contributed by atoms with Gasteiger partial charge in [-0.3, -0.25) is 0 Å². The zero-order valence-corrected chi connectivity index (χ0v) is 16.4. The first-order valence-corrected chi connectivity index (χ1v) is 11.6. The van der Waals surface area contributed by atoms with Crippen molar-refractivity contribution in [1.82, 2.24) is 0 Å². The molecule has 0 aliphatic rings. The monoisotopic (exact) mass is 304 g/mol. The minimum Gasteiger partial charge on any atom is -0.0675 e. The van der Waals surface area contributed by atoms with E-state index in [9.17, 15) is 0 Å². The molecule has 120 valence electrons. The highest BCUT2D eigenvalue weighted by atomic mass is 28.3. The maximum atomic E-state index is 2.47. The third-order valence-electron chi connectivity index (χ3n) is 5.51. The zero-order chi connectivity index (χ0) is 16.0. The Morgan fingerprint density at radius 2 is 1.29 bits per heavy atom. The molecule has 0 N–H and O–H groups in total. The lowest BCUT2D eigenvalue weighted by Crippen LogP contribution is -2.45. The summed E-state index contributed by atoms with van der Waals surface area (Å²) in [7, 11) is -1.21. The van der Waals surface area contributed by atoms with Gasteiger partial charge in [0.2, 0.25) is 0 Å². The predicted molar refractivity (Wildman–Crippen MR) is 100 cm³/mol. The molecule has 0 aliphatic heterocycles. The largest absolute Gasteiger partial charge is 0.0859 e. The van der Waals surface area contributed by atoms with Crippen LogP contribution in [0, 0.1) is 11.8 Å². The molecule has 0 aromatic heterocycles. The second-order valence-electron chi connectivity index (χ2n) is 7.44. The smallest absolute Gasteiger partial charge is 0.0675 e. The molecule has 0 nitrogen and oxygen atoms in total. The van der Waals surface area contributed by atoms with Crippen molar-refractivity contribution in [3.05, 3.63) is 29.8 Å². The quantitative estimate of drug-likeness (QED) is 0.502. The Bertz CT molecular complexity index is 390. The molecule has 0 radical (unpaired) electrons. The van der Waals surface area contributed by atoms with Gasteiger partial charge in [-0.1, -0.05) is 96.1 Å². The second kappa shape index (κ2) is 8.17. The Hall–Kier alpha value is -0.563. The first-order valence-electron chi connectivity index (χ1n) is 9.00. The minimum atomic E-state index is -1.21. The molecule has 1 unspecified atom stereocenters. The molecule has 1 aromatic rings. The van der Waals surface area contributed by atoms with Gasteiger partial charge < -0.3 is 0 Å². The van der Waals surface area contributed by atoms with Gasteiger partial charge in [0, 0.05) is 0 Å². The van der Waals surface area contributed by atoms with Crippen molar-refractivity contribution in [3.63, 3.8) is 0 Å². The maximum Gasteiger partial charge on any atom is 0.0859 e. The van der Waals surface area contributed by atoms with Crippen LogP contribution in [0.5, 0.6) is 0 Å².